The first-order valence-electron chi connectivity index (χ1n) is 8.67. The highest BCUT2D eigenvalue weighted by Gasteiger charge is 2.32. The molecule has 1 aromatic heterocycles. The van der Waals surface area contributed by atoms with Gasteiger partial charge in [-0.25, -0.2) is 0 Å². The molecule has 2 N–H and O–H groups in total. The van der Waals surface area contributed by atoms with E-state index in [1.54, 1.807) is 30.5 Å². The topological polar surface area (TPSA) is 88.3 Å². The number of aromatic nitrogens is 1. The normalized spacial score (nSPS) is 12.9. The van der Waals surface area contributed by atoms with Crippen molar-refractivity contribution in [3.8, 4) is 5.75 Å². The molecule has 2 atom stereocenters. The van der Waals surface area contributed by atoms with E-state index in [0.717, 1.165) is 0 Å². The van der Waals surface area contributed by atoms with Crippen molar-refractivity contribution in [2.24, 2.45) is 5.92 Å². The highest BCUT2D eigenvalue weighted by Crippen LogP contribution is 2.24. The highest BCUT2D eigenvalue weighted by atomic mass is 127. The Morgan fingerprint density at radius 1 is 1.26 bits per heavy atom. The van der Waals surface area contributed by atoms with Gasteiger partial charge in [-0.15, -0.1) is 0 Å². The van der Waals surface area contributed by atoms with E-state index in [-0.39, 0.29) is 29.1 Å². The van der Waals surface area contributed by atoms with Crippen LogP contribution in [0.1, 0.15) is 58.4 Å². The summed E-state index contributed by atoms with van der Waals surface area (Å²) >= 11 is 2.02. The molecule has 0 saturated heterocycles. The number of methoxy groups -OCH3 is 1. The number of aromatic amines is 1. The summed E-state index contributed by atoms with van der Waals surface area (Å²) in [5.74, 6) is -0.558. The molecule has 0 radical (unpaired) electrons. The van der Waals surface area contributed by atoms with Gasteiger partial charge in [-0.3, -0.25) is 14.4 Å². The quantitative estimate of drug-likeness (QED) is 0.442. The largest absolute Gasteiger partial charge is 0.496 e. The average Bonchev–Trinajstić information content (AvgIpc) is 3.06. The van der Waals surface area contributed by atoms with Crippen molar-refractivity contribution in [1.82, 2.24) is 10.3 Å². The van der Waals surface area contributed by atoms with Gasteiger partial charge in [-0.2, -0.15) is 0 Å². The van der Waals surface area contributed by atoms with Crippen molar-refractivity contribution in [2.45, 2.75) is 33.2 Å². The number of halogens is 1. The zero-order valence-electron chi connectivity index (χ0n) is 15.8. The number of ketones is 2. The van der Waals surface area contributed by atoms with Crippen molar-refractivity contribution in [3.05, 3.63) is 50.9 Å². The fourth-order valence-corrected chi connectivity index (χ4v) is 3.52. The van der Waals surface area contributed by atoms with Gasteiger partial charge >= 0.3 is 0 Å². The summed E-state index contributed by atoms with van der Waals surface area (Å²) in [4.78, 5) is 40.8. The van der Waals surface area contributed by atoms with Gasteiger partial charge in [-0.05, 0) is 40.6 Å². The van der Waals surface area contributed by atoms with Gasteiger partial charge in [-0.1, -0.05) is 32.4 Å². The predicted molar refractivity (Wildman–Crippen MR) is 112 cm³/mol. The number of hydrogen-bond acceptors (Lipinski definition) is 4. The third-order valence-corrected chi connectivity index (χ3v) is 5.41. The van der Waals surface area contributed by atoms with E-state index in [2.05, 4.69) is 10.3 Å². The minimum atomic E-state index is -0.755. The number of carbonyl (C=O) groups excluding carboxylic acids is 3. The van der Waals surface area contributed by atoms with Crippen LogP contribution >= 0.6 is 22.6 Å². The van der Waals surface area contributed by atoms with E-state index in [4.69, 9.17) is 4.74 Å². The van der Waals surface area contributed by atoms with E-state index < -0.39 is 6.04 Å². The molecule has 2 rings (SSSR count). The van der Waals surface area contributed by atoms with E-state index in [9.17, 15) is 14.4 Å². The number of carbonyl (C=O) groups is 3. The van der Waals surface area contributed by atoms with Crippen LogP contribution in [0.5, 0.6) is 5.75 Å². The Hall–Kier alpha value is -2.16. The van der Waals surface area contributed by atoms with Gasteiger partial charge in [0, 0.05) is 16.7 Å². The Morgan fingerprint density at radius 3 is 2.52 bits per heavy atom. The molecule has 2 aromatic rings. The zero-order chi connectivity index (χ0) is 20.1. The second-order valence-electron chi connectivity index (χ2n) is 6.34. The summed E-state index contributed by atoms with van der Waals surface area (Å²) in [6.07, 6.45) is 2.32. The SMILES string of the molecule is CCC(C)[C@H](NC(=O)c1ccccc1OC)C(=O)c1c(I)c[nH]c1C(C)=O. The van der Waals surface area contributed by atoms with Crippen molar-refractivity contribution in [2.75, 3.05) is 7.11 Å². The van der Waals surface area contributed by atoms with Gasteiger partial charge in [0.05, 0.1) is 30.0 Å². The molecule has 0 saturated carbocycles. The van der Waals surface area contributed by atoms with Gasteiger partial charge in [0.1, 0.15) is 5.75 Å². The molecular weight excluding hydrogens is 459 g/mol. The minimum Gasteiger partial charge on any atom is -0.496 e. The molecule has 1 unspecified atom stereocenters. The Balaban J connectivity index is 2.39. The van der Waals surface area contributed by atoms with Crippen LogP contribution in [0.2, 0.25) is 0 Å². The maximum absolute atomic E-state index is 13.3. The summed E-state index contributed by atoms with van der Waals surface area (Å²) in [5.41, 5.74) is 0.953. The van der Waals surface area contributed by atoms with Crippen LogP contribution in [0.15, 0.2) is 30.5 Å². The molecule has 7 heteroatoms. The molecule has 1 heterocycles. The van der Waals surface area contributed by atoms with Crippen LogP contribution in [0.25, 0.3) is 0 Å². The lowest BCUT2D eigenvalue weighted by atomic mass is 9.91. The first kappa shape index (κ1) is 21.1. The smallest absolute Gasteiger partial charge is 0.255 e. The standard InChI is InChI=1S/C20H23IN2O4/c1-5-11(2)17(19(25)16-14(21)10-22-18(16)12(3)24)23-20(26)13-8-6-7-9-15(13)27-4/h6-11,17,22H,5H2,1-4H3,(H,23,26)/t11?,17-/m0/s1. The lowest BCUT2D eigenvalue weighted by Crippen LogP contribution is -2.45. The van der Waals surface area contributed by atoms with Crippen molar-refractivity contribution < 1.29 is 19.1 Å². The Labute approximate surface area is 172 Å². The molecule has 0 fully saturated rings. The van der Waals surface area contributed by atoms with Crippen LogP contribution in [0.3, 0.4) is 0 Å². The number of benzene rings is 1. The number of H-pyrrole nitrogens is 1. The van der Waals surface area contributed by atoms with Crippen LogP contribution in [0, 0.1) is 9.49 Å². The second-order valence-corrected chi connectivity index (χ2v) is 7.51. The molecular formula is C20H23IN2O4. The summed E-state index contributed by atoms with van der Waals surface area (Å²) in [5, 5.41) is 2.84. The van der Waals surface area contributed by atoms with Crippen molar-refractivity contribution in [1.29, 1.82) is 0 Å². The number of amides is 1. The van der Waals surface area contributed by atoms with Gasteiger partial charge < -0.3 is 15.0 Å². The maximum atomic E-state index is 13.3. The summed E-state index contributed by atoms with van der Waals surface area (Å²) in [7, 11) is 1.49. The lowest BCUT2D eigenvalue weighted by Gasteiger charge is -2.24. The fraction of sp³-hybridized carbons (Fsp3) is 0.350. The Kier molecular flexibility index (Phi) is 7.18. The number of rotatable bonds is 8. The number of nitrogens with one attached hydrogen (secondary N) is 2. The van der Waals surface area contributed by atoms with Crippen molar-refractivity contribution in [3.63, 3.8) is 0 Å². The molecule has 0 aliphatic heterocycles. The summed E-state index contributed by atoms with van der Waals surface area (Å²) in [6, 6.07) is 6.09. The molecule has 0 bridgehead atoms. The van der Waals surface area contributed by atoms with Crippen LogP contribution in [0.4, 0.5) is 0 Å². The molecule has 0 aliphatic rings. The van der Waals surface area contributed by atoms with E-state index >= 15 is 0 Å². The second kappa shape index (κ2) is 9.16. The predicted octanol–water partition coefficient (Wildman–Crippen LogP) is 3.86. The lowest BCUT2D eigenvalue weighted by molar-refractivity contribution is 0.0820. The Bertz CT molecular complexity index is 859. The van der Waals surface area contributed by atoms with E-state index in [0.29, 0.717) is 26.9 Å². The minimum absolute atomic E-state index is 0.110. The zero-order valence-corrected chi connectivity index (χ0v) is 17.9. The van der Waals surface area contributed by atoms with Gasteiger partial charge in [0.25, 0.3) is 5.91 Å². The highest BCUT2D eigenvalue weighted by molar-refractivity contribution is 14.1. The Morgan fingerprint density at radius 2 is 1.93 bits per heavy atom. The average molecular weight is 482 g/mol. The molecule has 27 heavy (non-hydrogen) atoms. The van der Waals surface area contributed by atoms with E-state index in [1.165, 1.54) is 14.0 Å². The third kappa shape index (κ3) is 4.58. The number of Topliss-reactive ketones (excluding diaryl/α,β-unsaturated/α-hetero) is 2. The summed E-state index contributed by atoms with van der Waals surface area (Å²) in [6.45, 7) is 5.26. The van der Waals surface area contributed by atoms with Crippen molar-refractivity contribution >= 4 is 40.1 Å². The third-order valence-electron chi connectivity index (χ3n) is 4.56. The summed E-state index contributed by atoms with van der Waals surface area (Å²) < 4.78 is 5.90. The molecule has 1 aromatic carbocycles. The molecule has 1 amide bonds. The van der Waals surface area contributed by atoms with Gasteiger partial charge in [0.2, 0.25) is 0 Å². The first-order chi connectivity index (χ1) is 12.8. The molecule has 6 nitrogen and oxygen atoms in total. The van der Waals surface area contributed by atoms with Crippen LogP contribution in [-0.2, 0) is 0 Å². The first-order valence-corrected chi connectivity index (χ1v) is 9.75. The molecule has 144 valence electrons. The maximum Gasteiger partial charge on any atom is 0.255 e. The number of ether oxygens (including phenoxy) is 1. The van der Waals surface area contributed by atoms with Gasteiger partial charge in [0.15, 0.2) is 11.6 Å². The monoisotopic (exact) mass is 482 g/mol. The van der Waals surface area contributed by atoms with Crippen LogP contribution in [-0.4, -0.2) is 35.6 Å². The van der Waals surface area contributed by atoms with Crippen LogP contribution < -0.4 is 10.1 Å². The molecule has 0 aliphatic carbocycles. The van der Waals surface area contributed by atoms with E-state index in [1.807, 2.05) is 36.4 Å². The molecule has 0 spiro atoms. The number of hydrogen-bond donors (Lipinski definition) is 2. The number of para-hydroxylation sites is 1. The fourth-order valence-electron chi connectivity index (χ4n) is 2.83.